The number of unbranched alkanes of at least 4 members (excludes halogenated alkanes) is 4. The first-order valence-electron chi connectivity index (χ1n) is 11.1. The standard InChI is InChI=1S/C25H41NOSi/c1-19-21(18-20-14-11-12-16-23(20)26-19)22(24(2,3)4)15-10-8-7-9-13-17-25(5,6)27-28/h11-12,14,16,18,22H,7-10,13,15,17H2,1-6,28H3. The number of pyridine rings is 1. The van der Waals surface area contributed by atoms with Crippen LogP contribution in [0.3, 0.4) is 0 Å². The molecule has 156 valence electrons. The topological polar surface area (TPSA) is 22.1 Å². The summed E-state index contributed by atoms with van der Waals surface area (Å²) < 4.78 is 5.66. The highest BCUT2D eigenvalue weighted by Gasteiger charge is 2.27. The number of aromatic nitrogens is 1. The van der Waals surface area contributed by atoms with E-state index in [0.29, 0.717) is 5.92 Å². The van der Waals surface area contributed by atoms with Gasteiger partial charge in [0.05, 0.1) is 5.52 Å². The van der Waals surface area contributed by atoms with Crippen molar-refractivity contribution in [2.75, 3.05) is 0 Å². The molecular weight excluding hydrogens is 358 g/mol. The van der Waals surface area contributed by atoms with Gasteiger partial charge in [0, 0.05) is 16.7 Å². The largest absolute Gasteiger partial charge is 0.423 e. The van der Waals surface area contributed by atoms with E-state index in [-0.39, 0.29) is 11.0 Å². The van der Waals surface area contributed by atoms with Gasteiger partial charge in [-0.15, -0.1) is 0 Å². The molecule has 0 radical (unpaired) electrons. The number of para-hydroxylation sites is 1. The van der Waals surface area contributed by atoms with E-state index in [0.717, 1.165) is 16.0 Å². The molecule has 1 unspecified atom stereocenters. The van der Waals surface area contributed by atoms with Crippen molar-refractivity contribution >= 4 is 21.4 Å². The molecule has 0 aliphatic heterocycles. The molecule has 0 spiro atoms. The zero-order chi connectivity index (χ0) is 20.8. The van der Waals surface area contributed by atoms with Crippen LogP contribution in [0.25, 0.3) is 10.9 Å². The smallest absolute Gasteiger partial charge is 0.146 e. The molecule has 0 saturated heterocycles. The Hall–Kier alpha value is -1.19. The van der Waals surface area contributed by atoms with Gasteiger partial charge >= 0.3 is 0 Å². The second kappa shape index (κ2) is 10.0. The maximum Gasteiger partial charge on any atom is 0.146 e. The summed E-state index contributed by atoms with van der Waals surface area (Å²) in [5.41, 5.74) is 4.09. The van der Waals surface area contributed by atoms with Gasteiger partial charge in [-0.3, -0.25) is 4.98 Å². The van der Waals surface area contributed by atoms with Gasteiger partial charge in [-0.1, -0.05) is 71.1 Å². The monoisotopic (exact) mass is 399 g/mol. The van der Waals surface area contributed by atoms with Gasteiger partial charge in [0.1, 0.15) is 10.5 Å². The summed E-state index contributed by atoms with van der Waals surface area (Å²) in [5.74, 6) is 0.557. The van der Waals surface area contributed by atoms with Crippen molar-refractivity contribution in [2.45, 2.75) is 98.0 Å². The van der Waals surface area contributed by atoms with Crippen molar-refractivity contribution in [3.63, 3.8) is 0 Å². The highest BCUT2D eigenvalue weighted by Crippen LogP contribution is 2.41. The molecule has 0 amide bonds. The molecule has 0 fully saturated rings. The molecule has 0 bridgehead atoms. The van der Waals surface area contributed by atoms with Crippen LogP contribution in [0.1, 0.15) is 96.7 Å². The van der Waals surface area contributed by atoms with Crippen molar-refractivity contribution in [1.29, 1.82) is 0 Å². The molecule has 0 saturated carbocycles. The highest BCUT2D eigenvalue weighted by molar-refractivity contribution is 5.98. The molecule has 1 aromatic carbocycles. The minimum atomic E-state index is 0.0875. The Morgan fingerprint density at radius 1 is 0.964 bits per heavy atom. The van der Waals surface area contributed by atoms with Crippen molar-refractivity contribution < 1.29 is 4.43 Å². The predicted molar refractivity (Wildman–Crippen MR) is 126 cm³/mol. The van der Waals surface area contributed by atoms with E-state index in [2.05, 4.69) is 71.9 Å². The average molecular weight is 400 g/mol. The van der Waals surface area contributed by atoms with Crippen LogP contribution >= 0.6 is 0 Å². The summed E-state index contributed by atoms with van der Waals surface area (Å²) in [6.07, 6.45) is 9.01. The minimum absolute atomic E-state index is 0.0875. The molecule has 1 heterocycles. The molecule has 0 aliphatic carbocycles. The van der Waals surface area contributed by atoms with Crippen LogP contribution in [0.2, 0.25) is 0 Å². The number of rotatable bonds is 10. The zero-order valence-electron chi connectivity index (χ0n) is 19.3. The van der Waals surface area contributed by atoms with Crippen molar-refractivity contribution in [3.8, 4) is 0 Å². The van der Waals surface area contributed by atoms with Crippen LogP contribution in [0.15, 0.2) is 30.3 Å². The van der Waals surface area contributed by atoms with E-state index >= 15 is 0 Å². The number of hydrogen-bond acceptors (Lipinski definition) is 2. The minimum Gasteiger partial charge on any atom is -0.423 e. The zero-order valence-corrected chi connectivity index (χ0v) is 21.3. The summed E-state index contributed by atoms with van der Waals surface area (Å²) >= 11 is 0. The van der Waals surface area contributed by atoms with Crippen LogP contribution in [-0.4, -0.2) is 21.1 Å². The maximum absolute atomic E-state index is 5.66. The normalized spacial score (nSPS) is 13.9. The third kappa shape index (κ3) is 6.70. The first kappa shape index (κ1) is 23.1. The number of fused-ring (bicyclic) bond motifs is 1. The lowest BCUT2D eigenvalue weighted by Gasteiger charge is -2.32. The number of aryl methyl sites for hydroxylation is 1. The molecule has 0 aliphatic rings. The third-order valence-electron chi connectivity index (χ3n) is 6.20. The molecule has 0 N–H and O–H groups in total. The van der Waals surface area contributed by atoms with Gasteiger partial charge in [0.15, 0.2) is 0 Å². The van der Waals surface area contributed by atoms with Crippen molar-refractivity contribution in [3.05, 3.63) is 41.6 Å². The summed E-state index contributed by atoms with van der Waals surface area (Å²) in [5, 5.41) is 1.26. The lowest BCUT2D eigenvalue weighted by molar-refractivity contribution is 0.109. The number of hydrogen-bond donors (Lipinski definition) is 0. The Balaban J connectivity index is 1.94. The van der Waals surface area contributed by atoms with E-state index in [1.807, 2.05) is 0 Å². The van der Waals surface area contributed by atoms with Crippen LogP contribution in [0.5, 0.6) is 0 Å². The van der Waals surface area contributed by atoms with Crippen LogP contribution < -0.4 is 0 Å². The lowest BCUT2D eigenvalue weighted by atomic mass is 9.73. The molecular formula is C25H41NOSi. The molecule has 2 aromatic rings. The summed E-state index contributed by atoms with van der Waals surface area (Å²) in [7, 11) is 0.837. The fourth-order valence-electron chi connectivity index (χ4n) is 4.17. The van der Waals surface area contributed by atoms with Gasteiger partial charge < -0.3 is 4.43 Å². The van der Waals surface area contributed by atoms with Gasteiger partial charge in [0.2, 0.25) is 0 Å². The molecule has 2 nitrogen and oxygen atoms in total. The van der Waals surface area contributed by atoms with Gasteiger partial charge in [-0.2, -0.15) is 0 Å². The van der Waals surface area contributed by atoms with Crippen LogP contribution in [0, 0.1) is 12.3 Å². The summed E-state index contributed by atoms with van der Waals surface area (Å²) in [4.78, 5) is 4.90. The van der Waals surface area contributed by atoms with Crippen LogP contribution in [0.4, 0.5) is 0 Å². The van der Waals surface area contributed by atoms with Crippen LogP contribution in [-0.2, 0) is 4.43 Å². The quantitative estimate of drug-likeness (QED) is 0.337. The Kier molecular flexibility index (Phi) is 8.26. The Morgan fingerprint density at radius 3 is 2.29 bits per heavy atom. The van der Waals surface area contributed by atoms with Gasteiger partial charge in [0.25, 0.3) is 0 Å². The fraction of sp³-hybridized carbons (Fsp3) is 0.640. The average Bonchev–Trinajstić information content (AvgIpc) is 2.63. The first-order chi connectivity index (χ1) is 13.1. The molecule has 3 heteroatoms. The fourth-order valence-corrected chi connectivity index (χ4v) is 4.37. The third-order valence-corrected chi connectivity index (χ3v) is 7.30. The number of nitrogens with zero attached hydrogens (tertiary/aromatic N) is 1. The highest BCUT2D eigenvalue weighted by atomic mass is 28.2. The molecule has 1 atom stereocenters. The molecule has 28 heavy (non-hydrogen) atoms. The second-order valence-corrected chi connectivity index (χ2v) is 10.5. The van der Waals surface area contributed by atoms with E-state index in [4.69, 9.17) is 9.41 Å². The summed E-state index contributed by atoms with van der Waals surface area (Å²) in [6.45, 7) is 13.7. The maximum atomic E-state index is 5.66. The van der Waals surface area contributed by atoms with Crippen molar-refractivity contribution in [1.82, 2.24) is 4.98 Å². The SMILES string of the molecule is Cc1nc2ccccc2cc1C(CCCCCCCC(C)(C)O[SiH3])C(C)(C)C. The summed E-state index contributed by atoms with van der Waals surface area (Å²) in [6, 6.07) is 10.9. The van der Waals surface area contributed by atoms with E-state index in [9.17, 15) is 0 Å². The van der Waals surface area contributed by atoms with E-state index in [1.54, 1.807) is 0 Å². The number of benzene rings is 1. The van der Waals surface area contributed by atoms with E-state index < -0.39 is 0 Å². The lowest BCUT2D eigenvalue weighted by Crippen LogP contribution is -2.22. The Bertz CT molecular complexity index is 748. The van der Waals surface area contributed by atoms with Gasteiger partial charge in [-0.25, -0.2) is 0 Å². The van der Waals surface area contributed by atoms with E-state index in [1.165, 1.54) is 61.6 Å². The van der Waals surface area contributed by atoms with Crippen molar-refractivity contribution in [2.24, 2.45) is 5.41 Å². The molecule has 1 aromatic heterocycles. The first-order valence-corrected chi connectivity index (χ1v) is 11.9. The molecule has 2 rings (SSSR count). The predicted octanol–water partition coefficient (Wildman–Crippen LogP) is 6.48. The Labute approximate surface area is 176 Å². The van der Waals surface area contributed by atoms with Gasteiger partial charge in [-0.05, 0) is 62.6 Å². The second-order valence-electron chi connectivity index (χ2n) is 10.0. The Morgan fingerprint density at radius 2 is 1.61 bits per heavy atom.